The van der Waals surface area contributed by atoms with Crippen molar-refractivity contribution in [2.75, 3.05) is 26.8 Å². The number of piperidine rings is 1. The lowest BCUT2D eigenvalue weighted by Crippen LogP contribution is -2.41. The summed E-state index contributed by atoms with van der Waals surface area (Å²) in [5, 5.41) is 13.1. The fourth-order valence-corrected chi connectivity index (χ4v) is 5.35. The van der Waals surface area contributed by atoms with E-state index >= 15 is 0 Å². The number of ether oxygens (including phenoxy) is 2. The monoisotopic (exact) mass is 425 g/mol. The molecule has 1 aliphatic heterocycles. The Kier molecular flexibility index (Phi) is 6.25. The molecule has 0 amide bonds. The molecule has 0 radical (unpaired) electrons. The van der Waals surface area contributed by atoms with Gasteiger partial charge >= 0.3 is 5.97 Å². The summed E-state index contributed by atoms with van der Waals surface area (Å²) in [4.78, 5) is 14.0. The number of thiophene rings is 1. The molecule has 1 fully saturated rings. The van der Waals surface area contributed by atoms with Crippen molar-refractivity contribution < 1.29 is 19.4 Å². The number of hydrogen-bond donors (Lipinski definition) is 1. The van der Waals surface area contributed by atoms with Crippen molar-refractivity contribution in [2.24, 2.45) is 5.92 Å². The molecule has 1 aromatic heterocycles. The summed E-state index contributed by atoms with van der Waals surface area (Å²) in [6, 6.07) is 14.4. The van der Waals surface area contributed by atoms with Gasteiger partial charge in [-0.25, -0.2) is 0 Å². The highest BCUT2D eigenvalue weighted by Crippen LogP contribution is 2.41. The molecule has 6 heteroatoms. The zero-order valence-electron chi connectivity index (χ0n) is 17.3. The first-order chi connectivity index (χ1) is 14.6. The van der Waals surface area contributed by atoms with E-state index in [0.29, 0.717) is 18.9 Å². The lowest BCUT2D eigenvalue weighted by molar-refractivity contribution is -0.143. The van der Waals surface area contributed by atoms with Crippen LogP contribution in [-0.4, -0.2) is 42.8 Å². The van der Waals surface area contributed by atoms with Crippen LogP contribution in [-0.2, 0) is 4.79 Å². The van der Waals surface area contributed by atoms with Gasteiger partial charge in [0.15, 0.2) is 11.5 Å². The number of rotatable bonds is 7. The lowest BCUT2D eigenvalue weighted by atomic mass is 9.91. The van der Waals surface area contributed by atoms with Crippen LogP contribution in [0.4, 0.5) is 0 Å². The molecule has 2 aromatic carbocycles. The number of carboxylic acids is 1. The topological polar surface area (TPSA) is 59.0 Å². The number of carboxylic acid groups (broad SMARTS) is 1. The number of nitrogens with zero attached hydrogens (tertiary/aromatic N) is 1. The van der Waals surface area contributed by atoms with Gasteiger partial charge in [-0.2, -0.15) is 0 Å². The van der Waals surface area contributed by atoms with Gasteiger partial charge in [-0.05, 0) is 66.4 Å². The highest BCUT2D eigenvalue weighted by atomic mass is 32.1. The van der Waals surface area contributed by atoms with E-state index in [9.17, 15) is 9.90 Å². The number of methoxy groups -OCH3 is 1. The van der Waals surface area contributed by atoms with Gasteiger partial charge in [0.1, 0.15) is 0 Å². The van der Waals surface area contributed by atoms with E-state index < -0.39 is 5.97 Å². The summed E-state index contributed by atoms with van der Waals surface area (Å²) in [6.07, 6.45) is 1.61. The van der Waals surface area contributed by atoms with Crippen LogP contribution >= 0.6 is 11.3 Å². The molecule has 0 bridgehead atoms. The van der Waals surface area contributed by atoms with E-state index in [0.717, 1.165) is 30.7 Å². The molecule has 1 N–H and O–H groups in total. The molecule has 0 spiro atoms. The van der Waals surface area contributed by atoms with Crippen LogP contribution in [0.5, 0.6) is 11.5 Å². The van der Waals surface area contributed by atoms with Gasteiger partial charge in [-0.15, -0.1) is 11.3 Å². The Morgan fingerprint density at radius 3 is 2.87 bits per heavy atom. The summed E-state index contributed by atoms with van der Waals surface area (Å²) < 4.78 is 12.5. The minimum Gasteiger partial charge on any atom is -0.493 e. The van der Waals surface area contributed by atoms with E-state index in [1.54, 1.807) is 18.4 Å². The van der Waals surface area contributed by atoms with Gasteiger partial charge in [0.2, 0.25) is 0 Å². The van der Waals surface area contributed by atoms with Crippen LogP contribution in [0.25, 0.3) is 10.1 Å². The Bertz CT molecular complexity index is 1030. The first-order valence-electron chi connectivity index (χ1n) is 10.4. The van der Waals surface area contributed by atoms with E-state index in [1.165, 1.54) is 15.6 Å². The summed E-state index contributed by atoms with van der Waals surface area (Å²) in [6.45, 7) is 3.93. The van der Waals surface area contributed by atoms with Crippen molar-refractivity contribution >= 4 is 27.4 Å². The van der Waals surface area contributed by atoms with E-state index in [4.69, 9.17) is 9.47 Å². The normalized spacial score (nSPS) is 18.3. The Labute approximate surface area is 180 Å². The number of fused-ring (bicyclic) bond motifs is 1. The van der Waals surface area contributed by atoms with Gasteiger partial charge in [-0.3, -0.25) is 9.69 Å². The predicted molar refractivity (Wildman–Crippen MR) is 120 cm³/mol. The van der Waals surface area contributed by atoms with Crippen LogP contribution in [0.15, 0.2) is 47.8 Å². The fraction of sp³-hybridized carbons (Fsp3) is 0.375. The molecule has 4 rings (SSSR count). The second-order valence-corrected chi connectivity index (χ2v) is 8.52. The van der Waals surface area contributed by atoms with Crippen LogP contribution in [0.3, 0.4) is 0 Å². The molecule has 0 aliphatic carbocycles. The molecule has 2 heterocycles. The summed E-state index contributed by atoms with van der Waals surface area (Å²) in [5.74, 6) is 0.374. The molecule has 1 aliphatic rings. The Morgan fingerprint density at radius 1 is 1.27 bits per heavy atom. The SMILES string of the molecule is CCOc1ccc(C(c2csc3ccccc23)N2CCCC(C(=O)O)C2)cc1OC. The molecule has 30 heavy (non-hydrogen) atoms. The molecule has 2 unspecified atom stereocenters. The predicted octanol–water partition coefficient (Wildman–Crippen LogP) is 5.19. The number of aliphatic carboxylic acids is 1. The van der Waals surface area contributed by atoms with Crippen molar-refractivity contribution in [3.05, 3.63) is 59.0 Å². The van der Waals surface area contributed by atoms with Gasteiger partial charge in [0.05, 0.1) is 25.7 Å². The summed E-state index contributed by atoms with van der Waals surface area (Å²) >= 11 is 1.73. The van der Waals surface area contributed by atoms with Crippen LogP contribution in [0, 0.1) is 5.92 Å². The average molecular weight is 426 g/mol. The first-order valence-corrected chi connectivity index (χ1v) is 11.2. The first kappa shape index (κ1) is 20.7. The minimum absolute atomic E-state index is 0.0344. The number of carbonyl (C=O) groups is 1. The molecular formula is C24H27NO4S. The van der Waals surface area contributed by atoms with Crippen molar-refractivity contribution in [2.45, 2.75) is 25.8 Å². The largest absolute Gasteiger partial charge is 0.493 e. The van der Waals surface area contributed by atoms with Gasteiger partial charge < -0.3 is 14.6 Å². The van der Waals surface area contributed by atoms with Crippen LogP contribution < -0.4 is 9.47 Å². The molecule has 1 saturated heterocycles. The second kappa shape index (κ2) is 9.06. The molecule has 3 aromatic rings. The smallest absolute Gasteiger partial charge is 0.307 e. The molecular weight excluding hydrogens is 398 g/mol. The highest BCUT2D eigenvalue weighted by Gasteiger charge is 2.32. The maximum Gasteiger partial charge on any atom is 0.307 e. The third-order valence-corrected chi connectivity index (χ3v) is 6.76. The molecule has 0 saturated carbocycles. The van der Waals surface area contributed by atoms with Gasteiger partial charge in [-0.1, -0.05) is 24.3 Å². The quantitative estimate of drug-likeness (QED) is 0.564. The number of likely N-dealkylation sites (tertiary alicyclic amines) is 1. The van der Waals surface area contributed by atoms with Gasteiger partial charge in [0, 0.05) is 11.2 Å². The number of hydrogen-bond acceptors (Lipinski definition) is 5. The van der Waals surface area contributed by atoms with Crippen LogP contribution in [0.2, 0.25) is 0 Å². The standard InChI is InChI=1S/C24H27NO4S/c1-3-29-20-11-10-16(13-21(20)28-2)23(25-12-6-7-17(14-25)24(26)27)19-15-30-22-9-5-4-8-18(19)22/h4-5,8-11,13,15,17,23H,3,6-7,12,14H2,1-2H3,(H,26,27). The zero-order valence-corrected chi connectivity index (χ0v) is 18.2. The van der Waals surface area contributed by atoms with Crippen molar-refractivity contribution in [1.29, 1.82) is 0 Å². The van der Waals surface area contributed by atoms with Crippen molar-refractivity contribution in [1.82, 2.24) is 4.90 Å². The minimum atomic E-state index is -0.710. The summed E-state index contributed by atoms with van der Waals surface area (Å²) in [5.41, 5.74) is 2.30. The van der Waals surface area contributed by atoms with Gasteiger partial charge in [0.25, 0.3) is 0 Å². The Balaban J connectivity index is 1.81. The third-order valence-electron chi connectivity index (χ3n) is 5.78. The van der Waals surface area contributed by atoms with Crippen LogP contribution in [0.1, 0.15) is 36.9 Å². The maximum absolute atomic E-state index is 11.7. The zero-order chi connectivity index (χ0) is 21.1. The number of benzene rings is 2. The molecule has 5 nitrogen and oxygen atoms in total. The third kappa shape index (κ3) is 4.02. The lowest BCUT2D eigenvalue weighted by Gasteiger charge is -2.37. The van der Waals surface area contributed by atoms with E-state index in [2.05, 4.69) is 40.6 Å². The molecule has 158 valence electrons. The van der Waals surface area contributed by atoms with E-state index in [-0.39, 0.29) is 12.0 Å². The highest BCUT2D eigenvalue weighted by molar-refractivity contribution is 7.17. The summed E-state index contributed by atoms with van der Waals surface area (Å²) in [7, 11) is 1.65. The van der Waals surface area contributed by atoms with Crippen molar-refractivity contribution in [3.8, 4) is 11.5 Å². The maximum atomic E-state index is 11.7. The Morgan fingerprint density at radius 2 is 2.10 bits per heavy atom. The van der Waals surface area contributed by atoms with E-state index in [1.807, 2.05) is 19.1 Å². The average Bonchev–Trinajstić information content (AvgIpc) is 3.19. The molecule has 2 atom stereocenters. The Hall–Kier alpha value is -2.57. The second-order valence-electron chi connectivity index (χ2n) is 7.61. The van der Waals surface area contributed by atoms with Crippen molar-refractivity contribution in [3.63, 3.8) is 0 Å². The fourth-order valence-electron chi connectivity index (χ4n) is 4.37.